The van der Waals surface area contributed by atoms with Gasteiger partial charge in [0.15, 0.2) is 0 Å². The Bertz CT molecular complexity index is 815. The summed E-state index contributed by atoms with van der Waals surface area (Å²) in [6.45, 7) is 0. The Balaban J connectivity index is 2.25. The van der Waals surface area contributed by atoms with Gasteiger partial charge in [0.2, 0.25) is 0 Å². The van der Waals surface area contributed by atoms with Gasteiger partial charge >= 0.3 is 6.18 Å². The molecule has 5 heteroatoms. The summed E-state index contributed by atoms with van der Waals surface area (Å²) >= 11 is 0. The molecule has 3 rings (SSSR count). The van der Waals surface area contributed by atoms with Crippen LogP contribution < -0.4 is 0 Å². The highest BCUT2D eigenvalue weighted by molar-refractivity contribution is 5.87. The topological polar surface area (TPSA) is 4.93 Å². The predicted molar refractivity (Wildman–Crippen MR) is 73.3 cm³/mol. The molecule has 0 aliphatic carbocycles. The fraction of sp³-hybridized carbons (Fsp3) is 0.125. The number of alkyl halides is 3. The summed E-state index contributed by atoms with van der Waals surface area (Å²) in [5.41, 5.74) is 0.344. The van der Waals surface area contributed by atoms with E-state index in [2.05, 4.69) is 0 Å². The number of aromatic nitrogens is 1. The summed E-state index contributed by atoms with van der Waals surface area (Å²) in [6, 6.07) is 11.5. The maximum atomic E-state index is 14.0. The Hall–Kier alpha value is -2.30. The first kappa shape index (κ1) is 13.7. The fourth-order valence-electron chi connectivity index (χ4n) is 2.45. The summed E-state index contributed by atoms with van der Waals surface area (Å²) in [4.78, 5) is 0. The van der Waals surface area contributed by atoms with E-state index in [9.17, 15) is 17.6 Å². The lowest BCUT2D eigenvalue weighted by Crippen LogP contribution is -2.06. The molecule has 1 heterocycles. The number of nitrogens with zero attached hydrogens (tertiary/aromatic N) is 1. The zero-order chi connectivity index (χ0) is 15.2. The lowest BCUT2D eigenvalue weighted by atomic mass is 10.1. The number of hydrogen-bond acceptors (Lipinski definition) is 0. The van der Waals surface area contributed by atoms with Gasteiger partial charge in [0.25, 0.3) is 0 Å². The molecular formula is C16H11F4N. The van der Waals surface area contributed by atoms with Crippen LogP contribution in [0.3, 0.4) is 0 Å². The Kier molecular flexibility index (Phi) is 3.01. The van der Waals surface area contributed by atoms with Crippen LogP contribution in [-0.2, 0) is 13.2 Å². The van der Waals surface area contributed by atoms with E-state index in [-0.39, 0.29) is 5.56 Å². The van der Waals surface area contributed by atoms with Crippen molar-refractivity contribution in [2.24, 2.45) is 7.05 Å². The molecule has 1 nitrogen and oxygen atoms in total. The average molecular weight is 293 g/mol. The van der Waals surface area contributed by atoms with E-state index in [1.54, 1.807) is 17.7 Å². The molecule has 0 radical (unpaired) electrons. The van der Waals surface area contributed by atoms with Gasteiger partial charge < -0.3 is 4.57 Å². The van der Waals surface area contributed by atoms with Gasteiger partial charge in [-0.05, 0) is 30.3 Å². The minimum atomic E-state index is -4.49. The molecule has 1 aromatic heterocycles. The first-order valence-electron chi connectivity index (χ1n) is 6.29. The van der Waals surface area contributed by atoms with E-state index in [1.807, 2.05) is 24.3 Å². The van der Waals surface area contributed by atoms with Crippen molar-refractivity contribution >= 4 is 10.9 Å². The van der Waals surface area contributed by atoms with Gasteiger partial charge in [0.05, 0.1) is 11.3 Å². The second-order valence-electron chi connectivity index (χ2n) is 4.84. The molecule has 2 aromatic carbocycles. The van der Waals surface area contributed by atoms with E-state index in [1.165, 1.54) is 0 Å². The van der Waals surface area contributed by atoms with Crippen LogP contribution in [0.15, 0.2) is 48.5 Å². The van der Waals surface area contributed by atoms with E-state index >= 15 is 0 Å². The maximum absolute atomic E-state index is 14.0. The Morgan fingerprint density at radius 2 is 1.67 bits per heavy atom. The van der Waals surface area contributed by atoms with Crippen molar-refractivity contribution in [2.45, 2.75) is 6.18 Å². The molecule has 0 spiro atoms. The summed E-state index contributed by atoms with van der Waals surface area (Å²) < 4.78 is 54.0. The molecule has 108 valence electrons. The quantitative estimate of drug-likeness (QED) is 0.556. The van der Waals surface area contributed by atoms with Crippen LogP contribution in [0.2, 0.25) is 0 Å². The molecule has 0 N–H and O–H groups in total. The molecule has 0 atom stereocenters. The van der Waals surface area contributed by atoms with Crippen LogP contribution in [-0.4, -0.2) is 4.57 Å². The van der Waals surface area contributed by atoms with Crippen molar-refractivity contribution < 1.29 is 17.6 Å². The normalized spacial score (nSPS) is 12.0. The maximum Gasteiger partial charge on any atom is 0.416 e. The van der Waals surface area contributed by atoms with Crippen molar-refractivity contribution in [3.05, 3.63) is 59.9 Å². The monoisotopic (exact) mass is 293 g/mol. The number of aryl methyl sites for hydroxylation is 1. The van der Waals surface area contributed by atoms with Gasteiger partial charge in [-0.25, -0.2) is 4.39 Å². The number of para-hydroxylation sites is 1. The number of halogens is 4. The van der Waals surface area contributed by atoms with Crippen molar-refractivity contribution in [3.63, 3.8) is 0 Å². The SMILES string of the molecule is Cn1c(-c2cc(C(F)(F)F)ccc2F)cc2ccccc21. The molecule has 0 bridgehead atoms. The van der Waals surface area contributed by atoms with Gasteiger partial charge in [0.1, 0.15) is 5.82 Å². The molecule has 0 amide bonds. The zero-order valence-corrected chi connectivity index (χ0v) is 11.1. The van der Waals surface area contributed by atoms with Gasteiger partial charge in [-0.2, -0.15) is 13.2 Å². The summed E-state index contributed by atoms with van der Waals surface area (Å²) in [6.07, 6.45) is -4.49. The molecular weight excluding hydrogens is 282 g/mol. The zero-order valence-electron chi connectivity index (χ0n) is 11.1. The highest BCUT2D eigenvalue weighted by atomic mass is 19.4. The minimum absolute atomic E-state index is 0.0523. The fourth-order valence-corrected chi connectivity index (χ4v) is 2.45. The van der Waals surface area contributed by atoms with Crippen molar-refractivity contribution in [1.29, 1.82) is 0 Å². The van der Waals surface area contributed by atoms with Crippen molar-refractivity contribution in [3.8, 4) is 11.3 Å². The lowest BCUT2D eigenvalue weighted by molar-refractivity contribution is -0.137. The van der Waals surface area contributed by atoms with Crippen molar-refractivity contribution in [2.75, 3.05) is 0 Å². The highest BCUT2D eigenvalue weighted by Crippen LogP contribution is 2.35. The molecule has 0 aliphatic rings. The average Bonchev–Trinajstić information content (AvgIpc) is 2.76. The van der Waals surface area contributed by atoms with Crippen LogP contribution in [0.5, 0.6) is 0 Å². The lowest BCUT2D eigenvalue weighted by Gasteiger charge is -2.10. The number of benzene rings is 2. The first-order valence-corrected chi connectivity index (χ1v) is 6.29. The van der Waals surface area contributed by atoms with Crippen molar-refractivity contribution in [1.82, 2.24) is 4.57 Å². The summed E-state index contributed by atoms with van der Waals surface area (Å²) in [7, 11) is 1.71. The van der Waals surface area contributed by atoms with E-state index in [0.717, 1.165) is 29.1 Å². The van der Waals surface area contributed by atoms with E-state index < -0.39 is 17.6 Å². The molecule has 0 aliphatic heterocycles. The summed E-state index contributed by atoms with van der Waals surface area (Å²) in [5.74, 6) is -0.672. The third-order valence-electron chi connectivity index (χ3n) is 3.52. The molecule has 0 saturated carbocycles. The van der Waals surface area contributed by atoms with Crippen LogP contribution in [0.1, 0.15) is 5.56 Å². The third kappa shape index (κ3) is 2.28. The van der Waals surface area contributed by atoms with E-state index in [4.69, 9.17) is 0 Å². The molecule has 21 heavy (non-hydrogen) atoms. The van der Waals surface area contributed by atoms with Crippen LogP contribution in [0.25, 0.3) is 22.2 Å². The molecule has 0 unspecified atom stereocenters. The van der Waals surface area contributed by atoms with Gasteiger partial charge in [0, 0.05) is 23.5 Å². The van der Waals surface area contributed by atoms with Crippen LogP contribution >= 0.6 is 0 Å². The first-order chi connectivity index (χ1) is 9.88. The third-order valence-corrected chi connectivity index (χ3v) is 3.52. The Morgan fingerprint density at radius 1 is 0.952 bits per heavy atom. The van der Waals surface area contributed by atoms with Gasteiger partial charge in [-0.15, -0.1) is 0 Å². The number of fused-ring (bicyclic) bond motifs is 1. The van der Waals surface area contributed by atoms with E-state index in [0.29, 0.717) is 5.69 Å². The molecule has 0 saturated heterocycles. The largest absolute Gasteiger partial charge is 0.416 e. The van der Waals surface area contributed by atoms with Crippen LogP contribution in [0, 0.1) is 5.82 Å². The predicted octanol–water partition coefficient (Wildman–Crippen LogP) is 5.00. The minimum Gasteiger partial charge on any atom is -0.344 e. The second kappa shape index (κ2) is 4.62. The molecule has 0 fully saturated rings. The standard InChI is InChI=1S/C16H11F4N/c1-21-14-5-3-2-4-10(14)8-15(21)12-9-11(16(18,19)20)6-7-13(12)17/h2-9H,1H3. The second-order valence-corrected chi connectivity index (χ2v) is 4.84. The number of rotatable bonds is 1. The molecule has 3 aromatic rings. The van der Waals surface area contributed by atoms with Crippen LogP contribution in [0.4, 0.5) is 17.6 Å². The Labute approximate surface area is 118 Å². The smallest absolute Gasteiger partial charge is 0.344 e. The van der Waals surface area contributed by atoms with Gasteiger partial charge in [-0.3, -0.25) is 0 Å². The summed E-state index contributed by atoms with van der Waals surface area (Å²) in [5, 5.41) is 0.854. The number of hydrogen-bond donors (Lipinski definition) is 0. The highest BCUT2D eigenvalue weighted by Gasteiger charge is 2.31. The Morgan fingerprint density at radius 3 is 2.33 bits per heavy atom. The van der Waals surface area contributed by atoms with Gasteiger partial charge in [-0.1, -0.05) is 18.2 Å².